The molecule has 0 aliphatic carbocycles. The molecule has 0 unspecified atom stereocenters. The van der Waals surface area contributed by atoms with Crippen LogP contribution in [0.3, 0.4) is 0 Å². The summed E-state index contributed by atoms with van der Waals surface area (Å²) in [5, 5.41) is 0. The molecule has 0 spiro atoms. The quantitative estimate of drug-likeness (QED) is 0.572. The van der Waals surface area contributed by atoms with Gasteiger partial charge in [-0.1, -0.05) is 33.8 Å². The summed E-state index contributed by atoms with van der Waals surface area (Å²) in [5.41, 5.74) is 1.51. The molecule has 0 aromatic heterocycles. The standard InChI is InChI=1S/C17H26O3/c1-6-7-16(18)20-14-9-8-13(12-15(14)19-5)10-11-17(2,3)4/h8-9,12H,6-7,10-11H2,1-5H3. The van der Waals surface area contributed by atoms with E-state index in [0.717, 1.165) is 19.3 Å². The van der Waals surface area contributed by atoms with E-state index in [-0.39, 0.29) is 5.97 Å². The number of methoxy groups -OCH3 is 1. The van der Waals surface area contributed by atoms with Gasteiger partial charge in [0.25, 0.3) is 0 Å². The van der Waals surface area contributed by atoms with Crippen molar-refractivity contribution in [2.24, 2.45) is 5.41 Å². The van der Waals surface area contributed by atoms with E-state index in [1.807, 2.05) is 25.1 Å². The molecule has 112 valence electrons. The van der Waals surface area contributed by atoms with Crippen LogP contribution in [0.5, 0.6) is 11.5 Å². The summed E-state index contributed by atoms with van der Waals surface area (Å²) in [4.78, 5) is 11.5. The van der Waals surface area contributed by atoms with Crippen LogP contribution in [0.1, 0.15) is 52.5 Å². The van der Waals surface area contributed by atoms with E-state index < -0.39 is 0 Å². The largest absolute Gasteiger partial charge is 0.493 e. The summed E-state index contributed by atoms with van der Waals surface area (Å²) in [6, 6.07) is 5.79. The number of esters is 1. The number of rotatable bonds is 6. The fourth-order valence-electron chi connectivity index (χ4n) is 1.85. The first kappa shape index (κ1) is 16.5. The zero-order valence-corrected chi connectivity index (χ0v) is 13.3. The fourth-order valence-corrected chi connectivity index (χ4v) is 1.85. The molecule has 0 saturated heterocycles. The predicted molar refractivity (Wildman–Crippen MR) is 81.3 cm³/mol. The van der Waals surface area contributed by atoms with Gasteiger partial charge in [0.15, 0.2) is 11.5 Å². The van der Waals surface area contributed by atoms with Gasteiger partial charge >= 0.3 is 5.97 Å². The third kappa shape index (κ3) is 5.64. The summed E-state index contributed by atoms with van der Waals surface area (Å²) in [5.74, 6) is 0.916. The Bertz CT molecular complexity index is 444. The van der Waals surface area contributed by atoms with Crippen LogP contribution in [-0.2, 0) is 11.2 Å². The summed E-state index contributed by atoms with van der Waals surface area (Å²) in [6.45, 7) is 8.63. The van der Waals surface area contributed by atoms with Gasteiger partial charge in [-0.2, -0.15) is 0 Å². The van der Waals surface area contributed by atoms with E-state index in [1.165, 1.54) is 5.56 Å². The van der Waals surface area contributed by atoms with Crippen molar-refractivity contribution in [2.45, 2.75) is 53.4 Å². The topological polar surface area (TPSA) is 35.5 Å². The molecule has 0 bridgehead atoms. The molecule has 0 N–H and O–H groups in total. The maximum Gasteiger partial charge on any atom is 0.311 e. The number of aryl methyl sites for hydroxylation is 1. The minimum Gasteiger partial charge on any atom is -0.493 e. The molecule has 0 heterocycles. The van der Waals surface area contributed by atoms with Gasteiger partial charge in [-0.15, -0.1) is 0 Å². The lowest BCUT2D eigenvalue weighted by Crippen LogP contribution is -2.09. The summed E-state index contributed by atoms with van der Waals surface area (Å²) >= 11 is 0. The molecule has 0 aliphatic heterocycles. The minimum atomic E-state index is -0.215. The number of hydrogen-bond acceptors (Lipinski definition) is 3. The average Bonchev–Trinajstić information content (AvgIpc) is 2.37. The summed E-state index contributed by atoms with van der Waals surface area (Å²) < 4.78 is 10.6. The van der Waals surface area contributed by atoms with Crippen LogP contribution in [0.15, 0.2) is 18.2 Å². The monoisotopic (exact) mass is 278 g/mol. The van der Waals surface area contributed by atoms with E-state index in [4.69, 9.17) is 9.47 Å². The van der Waals surface area contributed by atoms with Crippen LogP contribution in [0.4, 0.5) is 0 Å². The van der Waals surface area contributed by atoms with Gasteiger partial charge in [-0.25, -0.2) is 0 Å². The minimum absolute atomic E-state index is 0.215. The van der Waals surface area contributed by atoms with Gasteiger partial charge in [0.1, 0.15) is 0 Å². The molecule has 1 rings (SSSR count). The Morgan fingerprint density at radius 2 is 1.90 bits per heavy atom. The Balaban J connectivity index is 2.77. The molecule has 0 saturated carbocycles. The Labute approximate surface area is 122 Å². The summed E-state index contributed by atoms with van der Waals surface area (Å²) in [6.07, 6.45) is 3.30. The van der Waals surface area contributed by atoms with Crippen molar-refractivity contribution < 1.29 is 14.3 Å². The third-order valence-electron chi connectivity index (χ3n) is 3.07. The Hall–Kier alpha value is -1.51. The van der Waals surface area contributed by atoms with Gasteiger partial charge in [0.2, 0.25) is 0 Å². The highest BCUT2D eigenvalue weighted by Gasteiger charge is 2.13. The second-order valence-electron chi connectivity index (χ2n) is 6.27. The van der Waals surface area contributed by atoms with Crippen molar-refractivity contribution in [3.63, 3.8) is 0 Å². The van der Waals surface area contributed by atoms with Crippen molar-refractivity contribution in [3.05, 3.63) is 23.8 Å². The molecule has 0 fully saturated rings. The van der Waals surface area contributed by atoms with Gasteiger partial charge in [-0.3, -0.25) is 4.79 Å². The van der Waals surface area contributed by atoms with Crippen molar-refractivity contribution in [3.8, 4) is 11.5 Å². The van der Waals surface area contributed by atoms with Crippen LogP contribution >= 0.6 is 0 Å². The molecule has 3 nitrogen and oxygen atoms in total. The highest BCUT2D eigenvalue weighted by Crippen LogP contribution is 2.30. The Morgan fingerprint density at radius 3 is 2.45 bits per heavy atom. The normalized spacial score (nSPS) is 11.2. The lowest BCUT2D eigenvalue weighted by molar-refractivity contribution is -0.134. The summed E-state index contributed by atoms with van der Waals surface area (Å²) in [7, 11) is 1.60. The van der Waals surface area contributed by atoms with E-state index in [1.54, 1.807) is 7.11 Å². The maximum atomic E-state index is 11.5. The van der Waals surface area contributed by atoms with Crippen molar-refractivity contribution >= 4 is 5.97 Å². The molecule has 3 heteroatoms. The maximum absolute atomic E-state index is 11.5. The number of benzene rings is 1. The molecule has 1 aromatic carbocycles. The van der Waals surface area contributed by atoms with Crippen LogP contribution in [0, 0.1) is 5.41 Å². The first-order valence-electron chi connectivity index (χ1n) is 7.23. The molecular weight excluding hydrogens is 252 g/mol. The van der Waals surface area contributed by atoms with E-state index >= 15 is 0 Å². The first-order chi connectivity index (χ1) is 9.35. The van der Waals surface area contributed by atoms with Crippen LogP contribution < -0.4 is 9.47 Å². The average molecular weight is 278 g/mol. The number of hydrogen-bond donors (Lipinski definition) is 0. The molecule has 0 aliphatic rings. The molecule has 1 aromatic rings. The fraction of sp³-hybridized carbons (Fsp3) is 0.588. The Kier molecular flexibility index (Phi) is 6.05. The highest BCUT2D eigenvalue weighted by atomic mass is 16.6. The zero-order valence-electron chi connectivity index (χ0n) is 13.3. The predicted octanol–water partition coefficient (Wildman–Crippen LogP) is 4.38. The van der Waals surface area contributed by atoms with Crippen molar-refractivity contribution in [1.29, 1.82) is 0 Å². The van der Waals surface area contributed by atoms with Crippen LogP contribution in [0.25, 0.3) is 0 Å². The van der Waals surface area contributed by atoms with Crippen LogP contribution in [0.2, 0.25) is 0 Å². The molecule has 0 radical (unpaired) electrons. The van der Waals surface area contributed by atoms with Crippen molar-refractivity contribution in [2.75, 3.05) is 7.11 Å². The zero-order chi connectivity index (χ0) is 15.2. The van der Waals surface area contributed by atoms with Gasteiger partial charge in [0, 0.05) is 6.42 Å². The van der Waals surface area contributed by atoms with Gasteiger partial charge < -0.3 is 9.47 Å². The molecule has 0 amide bonds. The van der Waals surface area contributed by atoms with Gasteiger partial charge in [0.05, 0.1) is 7.11 Å². The van der Waals surface area contributed by atoms with E-state index in [9.17, 15) is 4.79 Å². The lowest BCUT2D eigenvalue weighted by atomic mass is 9.89. The smallest absolute Gasteiger partial charge is 0.311 e. The highest BCUT2D eigenvalue weighted by molar-refractivity contribution is 5.73. The lowest BCUT2D eigenvalue weighted by Gasteiger charge is -2.18. The Morgan fingerprint density at radius 1 is 1.20 bits per heavy atom. The second kappa shape index (κ2) is 7.32. The third-order valence-corrected chi connectivity index (χ3v) is 3.07. The van der Waals surface area contributed by atoms with Crippen molar-refractivity contribution in [1.82, 2.24) is 0 Å². The van der Waals surface area contributed by atoms with Gasteiger partial charge in [-0.05, 0) is 42.4 Å². The molecule has 0 atom stereocenters. The molecule has 20 heavy (non-hydrogen) atoms. The van der Waals surface area contributed by atoms with Crippen LogP contribution in [-0.4, -0.2) is 13.1 Å². The number of carbonyl (C=O) groups is 1. The van der Waals surface area contributed by atoms with E-state index in [2.05, 4.69) is 20.8 Å². The second-order valence-corrected chi connectivity index (χ2v) is 6.27. The number of carbonyl (C=O) groups excluding carboxylic acids is 1. The first-order valence-corrected chi connectivity index (χ1v) is 7.23. The SMILES string of the molecule is CCCC(=O)Oc1ccc(CCC(C)(C)C)cc1OC. The number of ether oxygens (including phenoxy) is 2. The molecular formula is C17H26O3. The van der Waals surface area contributed by atoms with E-state index in [0.29, 0.717) is 23.3 Å².